The Kier molecular flexibility index (Phi) is 6.99. The highest BCUT2D eigenvalue weighted by molar-refractivity contribution is 5.94. The van der Waals surface area contributed by atoms with E-state index in [1.807, 2.05) is 0 Å². The Hall–Kier alpha value is -3.96. The van der Waals surface area contributed by atoms with E-state index in [0.29, 0.717) is 31.6 Å². The number of carbonyl (C=O) groups is 2. The summed E-state index contributed by atoms with van der Waals surface area (Å²) < 4.78 is 58.9. The molecular formula is C23H21F4N5O3. The van der Waals surface area contributed by atoms with E-state index in [0.717, 1.165) is 12.1 Å². The maximum absolute atomic E-state index is 13.4. The summed E-state index contributed by atoms with van der Waals surface area (Å²) in [5.74, 6) is -1.25. The SMILES string of the molecule is O=C(NCC(=O)N1CCC(Oc2cccc(C(F)(F)F)c2)CC1)c1cn(-c2cccc(F)c2)nn1. The largest absolute Gasteiger partial charge is 0.490 e. The summed E-state index contributed by atoms with van der Waals surface area (Å²) in [6.45, 7) is 0.424. The predicted molar refractivity (Wildman–Crippen MR) is 115 cm³/mol. The molecule has 4 rings (SSSR count). The van der Waals surface area contributed by atoms with Gasteiger partial charge in [-0.15, -0.1) is 5.10 Å². The minimum atomic E-state index is -4.45. The van der Waals surface area contributed by atoms with Crippen molar-refractivity contribution in [1.29, 1.82) is 0 Å². The van der Waals surface area contributed by atoms with Crippen LogP contribution in [0.1, 0.15) is 28.9 Å². The lowest BCUT2D eigenvalue weighted by Gasteiger charge is -2.32. The Bertz CT molecular complexity index is 1210. The van der Waals surface area contributed by atoms with Gasteiger partial charge in [0.15, 0.2) is 5.69 Å². The number of amides is 2. The van der Waals surface area contributed by atoms with Gasteiger partial charge in [0.05, 0.1) is 24.0 Å². The van der Waals surface area contributed by atoms with E-state index in [2.05, 4.69) is 15.6 Å². The second-order valence-corrected chi connectivity index (χ2v) is 7.93. The number of piperidine rings is 1. The molecule has 1 fully saturated rings. The van der Waals surface area contributed by atoms with Crippen LogP contribution in [0, 0.1) is 5.82 Å². The van der Waals surface area contributed by atoms with Crippen LogP contribution in [0.15, 0.2) is 54.7 Å². The first-order valence-corrected chi connectivity index (χ1v) is 10.8. The van der Waals surface area contributed by atoms with Crippen LogP contribution >= 0.6 is 0 Å². The van der Waals surface area contributed by atoms with Crippen LogP contribution in [0.25, 0.3) is 5.69 Å². The Labute approximate surface area is 197 Å². The van der Waals surface area contributed by atoms with Gasteiger partial charge < -0.3 is 15.0 Å². The van der Waals surface area contributed by atoms with Crippen molar-refractivity contribution in [3.63, 3.8) is 0 Å². The highest BCUT2D eigenvalue weighted by Crippen LogP contribution is 2.32. The molecule has 35 heavy (non-hydrogen) atoms. The second-order valence-electron chi connectivity index (χ2n) is 7.93. The topological polar surface area (TPSA) is 89.4 Å². The van der Waals surface area contributed by atoms with Crippen molar-refractivity contribution in [2.75, 3.05) is 19.6 Å². The first-order valence-electron chi connectivity index (χ1n) is 10.8. The third-order valence-electron chi connectivity index (χ3n) is 5.46. The number of likely N-dealkylation sites (tertiary alicyclic amines) is 1. The predicted octanol–water partition coefficient (Wildman–Crippen LogP) is 3.23. The number of nitrogens with zero attached hydrogens (tertiary/aromatic N) is 4. The summed E-state index contributed by atoms with van der Waals surface area (Å²) in [7, 11) is 0. The third kappa shape index (κ3) is 6.14. The Morgan fingerprint density at radius 2 is 1.83 bits per heavy atom. The number of rotatable bonds is 6. The molecule has 0 radical (unpaired) electrons. The lowest BCUT2D eigenvalue weighted by molar-refractivity contribution is -0.138. The molecule has 8 nitrogen and oxygen atoms in total. The monoisotopic (exact) mass is 491 g/mol. The van der Waals surface area contributed by atoms with Crippen molar-refractivity contribution >= 4 is 11.8 Å². The van der Waals surface area contributed by atoms with Crippen molar-refractivity contribution in [2.45, 2.75) is 25.1 Å². The van der Waals surface area contributed by atoms with Crippen LogP contribution in [0.3, 0.4) is 0 Å². The van der Waals surface area contributed by atoms with Crippen molar-refractivity contribution < 1.29 is 31.9 Å². The average Bonchev–Trinajstić information content (AvgIpc) is 3.33. The lowest BCUT2D eigenvalue weighted by atomic mass is 10.1. The number of hydrogen-bond acceptors (Lipinski definition) is 5. The van der Waals surface area contributed by atoms with E-state index in [1.165, 1.54) is 41.2 Å². The van der Waals surface area contributed by atoms with E-state index in [9.17, 15) is 27.2 Å². The van der Waals surface area contributed by atoms with Gasteiger partial charge >= 0.3 is 6.18 Å². The van der Waals surface area contributed by atoms with Gasteiger partial charge in [0.2, 0.25) is 5.91 Å². The Morgan fingerprint density at radius 1 is 1.09 bits per heavy atom. The molecule has 2 aromatic carbocycles. The molecule has 12 heteroatoms. The maximum Gasteiger partial charge on any atom is 0.416 e. The van der Waals surface area contributed by atoms with Crippen LogP contribution < -0.4 is 10.1 Å². The summed E-state index contributed by atoms with van der Waals surface area (Å²) in [6, 6.07) is 10.3. The number of hydrogen-bond donors (Lipinski definition) is 1. The van der Waals surface area contributed by atoms with Gasteiger partial charge in [-0.1, -0.05) is 17.3 Å². The highest BCUT2D eigenvalue weighted by atomic mass is 19.4. The Morgan fingerprint density at radius 3 is 2.54 bits per heavy atom. The number of benzene rings is 2. The summed E-state index contributed by atoms with van der Waals surface area (Å²) in [4.78, 5) is 26.4. The zero-order chi connectivity index (χ0) is 25.0. The molecule has 1 aromatic heterocycles. The van der Waals surface area contributed by atoms with Gasteiger partial charge in [0.1, 0.15) is 17.7 Å². The van der Waals surface area contributed by atoms with Crippen molar-refractivity contribution in [2.24, 2.45) is 0 Å². The first kappa shape index (κ1) is 24.2. The van der Waals surface area contributed by atoms with Gasteiger partial charge in [-0.2, -0.15) is 13.2 Å². The maximum atomic E-state index is 13.4. The van der Waals surface area contributed by atoms with E-state index in [1.54, 1.807) is 11.0 Å². The fraction of sp³-hybridized carbons (Fsp3) is 0.304. The zero-order valence-electron chi connectivity index (χ0n) is 18.3. The molecule has 184 valence electrons. The molecule has 0 bridgehead atoms. The van der Waals surface area contributed by atoms with Gasteiger partial charge in [0, 0.05) is 25.9 Å². The van der Waals surface area contributed by atoms with E-state index < -0.39 is 23.5 Å². The number of aromatic nitrogens is 3. The van der Waals surface area contributed by atoms with Crippen molar-refractivity contribution in [3.8, 4) is 11.4 Å². The van der Waals surface area contributed by atoms with Crippen molar-refractivity contribution in [3.05, 3.63) is 71.8 Å². The third-order valence-corrected chi connectivity index (χ3v) is 5.46. The first-order chi connectivity index (χ1) is 16.7. The number of halogens is 4. The molecule has 0 unspecified atom stereocenters. The molecule has 0 atom stereocenters. The van der Waals surface area contributed by atoms with Crippen LogP contribution in [0.4, 0.5) is 17.6 Å². The number of ether oxygens (including phenoxy) is 1. The molecule has 0 spiro atoms. The molecule has 2 amide bonds. The normalized spacial score (nSPS) is 14.6. The number of alkyl halides is 3. The molecule has 0 aliphatic carbocycles. The molecular weight excluding hydrogens is 470 g/mol. The minimum absolute atomic E-state index is 0.0322. The van der Waals surface area contributed by atoms with Gasteiger partial charge in [0.25, 0.3) is 5.91 Å². The summed E-state index contributed by atoms with van der Waals surface area (Å²) in [6.07, 6.45) is -2.57. The second kappa shape index (κ2) is 10.1. The molecule has 3 aromatic rings. The van der Waals surface area contributed by atoms with Crippen LogP contribution in [-0.2, 0) is 11.0 Å². The lowest BCUT2D eigenvalue weighted by Crippen LogP contribution is -2.46. The van der Waals surface area contributed by atoms with Crippen LogP contribution in [0.2, 0.25) is 0 Å². The molecule has 1 aliphatic heterocycles. The van der Waals surface area contributed by atoms with Gasteiger partial charge in [-0.3, -0.25) is 9.59 Å². The fourth-order valence-corrected chi connectivity index (χ4v) is 3.63. The summed E-state index contributed by atoms with van der Waals surface area (Å²) in [5.41, 5.74) is -0.424. The highest BCUT2D eigenvalue weighted by Gasteiger charge is 2.31. The van der Waals surface area contributed by atoms with Crippen molar-refractivity contribution in [1.82, 2.24) is 25.2 Å². The van der Waals surface area contributed by atoms with Crippen LogP contribution in [-0.4, -0.2) is 57.4 Å². The minimum Gasteiger partial charge on any atom is -0.490 e. The molecule has 1 saturated heterocycles. The summed E-state index contributed by atoms with van der Waals surface area (Å²) >= 11 is 0. The molecule has 1 N–H and O–H groups in total. The Balaban J connectivity index is 1.24. The number of nitrogens with one attached hydrogen (secondary N) is 1. The quantitative estimate of drug-likeness (QED) is 0.535. The van der Waals surface area contributed by atoms with Gasteiger partial charge in [-0.05, 0) is 36.4 Å². The van der Waals surface area contributed by atoms with E-state index in [-0.39, 0.29) is 30.0 Å². The zero-order valence-corrected chi connectivity index (χ0v) is 18.3. The summed E-state index contributed by atoms with van der Waals surface area (Å²) in [5, 5.41) is 10.0. The number of carbonyl (C=O) groups excluding carboxylic acids is 2. The van der Waals surface area contributed by atoms with E-state index in [4.69, 9.17) is 4.74 Å². The van der Waals surface area contributed by atoms with Gasteiger partial charge in [-0.25, -0.2) is 9.07 Å². The smallest absolute Gasteiger partial charge is 0.416 e. The standard InChI is InChI=1S/C23H21F4N5O3/c24-16-4-2-5-17(12-16)32-14-20(29-30-32)22(34)28-13-21(33)31-9-7-18(8-10-31)35-19-6-1-3-15(11-19)23(25,26)27/h1-6,11-12,14,18H,7-10,13H2,(H,28,34). The van der Waals surface area contributed by atoms with Crippen LogP contribution in [0.5, 0.6) is 5.75 Å². The molecule has 0 saturated carbocycles. The average molecular weight is 491 g/mol. The van der Waals surface area contributed by atoms with E-state index >= 15 is 0 Å². The molecule has 1 aliphatic rings. The molecule has 2 heterocycles. The fourth-order valence-electron chi connectivity index (χ4n) is 3.63.